The van der Waals surface area contributed by atoms with Gasteiger partial charge in [0.25, 0.3) is 0 Å². The average Bonchev–Trinajstić information content (AvgIpc) is 3.84. The molecule has 0 amide bonds. The predicted molar refractivity (Wildman–Crippen MR) is 283 cm³/mol. The Bertz CT molecular complexity index is 3680. The second-order valence-corrected chi connectivity index (χ2v) is 21.1. The molecule has 322 valence electrons. The number of furan rings is 2. The maximum Gasteiger partial charge on any atom is 0.143 e. The zero-order valence-corrected chi connectivity index (χ0v) is 39.7. The fourth-order valence-electron chi connectivity index (χ4n) is 11.2. The molecule has 0 saturated heterocycles. The minimum absolute atomic E-state index is 0.0214. The summed E-state index contributed by atoms with van der Waals surface area (Å²) in [6.07, 6.45) is 0. The molecule has 0 saturated carbocycles. The molecule has 0 fully saturated rings. The molecule has 0 N–H and O–H groups in total. The number of rotatable bonds is 4. The highest BCUT2D eigenvalue weighted by Gasteiger charge is 2.27. The Morgan fingerprint density at radius 3 is 1.08 bits per heavy atom. The smallest absolute Gasteiger partial charge is 0.143 e. The molecular formula is C64H54O2. The molecule has 2 heteroatoms. The zero-order valence-electron chi connectivity index (χ0n) is 39.7. The third-order valence-electron chi connectivity index (χ3n) is 14.6. The van der Waals surface area contributed by atoms with Crippen LogP contribution in [-0.2, 0) is 10.8 Å². The quantitative estimate of drug-likeness (QED) is 0.165. The predicted octanol–water partition coefficient (Wildman–Crippen LogP) is 18.9. The van der Waals surface area contributed by atoms with Crippen molar-refractivity contribution in [1.29, 1.82) is 0 Å². The van der Waals surface area contributed by atoms with E-state index in [0.29, 0.717) is 0 Å². The highest BCUT2D eigenvalue weighted by Crippen LogP contribution is 2.52. The topological polar surface area (TPSA) is 26.3 Å². The molecule has 0 atom stereocenters. The fraction of sp³-hybridized carbons (Fsp3) is 0.188. The summed E-state index contributed by atoms with van der Waals surface area (Å²) in [5.74, 6) is 0. The highest BCUT2D eigenvalue weighted by atomic mass is 16.3. The van der Waals surface area contributed by atoms with E-state index in [1.807, 2.05) is 0 Å². The van der Waals surface area contributed by atoms with Crippen molar-refractivity contribution in [1.82, 2.24) is 0 Å². The van der Waals surface area contributed by atoms with Crippen molar-refractivity contribution in [2.75, 3.05) is 0 Å². The summed E-state index contributed by atoms with van der Waals surface area (Å²) in [6, 6.07) is 54.8. The Labute approximate surface area is 386 Å². The molecule has 2 aromatic heterocycles. The lowest BCUT2D eigenvalue weighted by atomic mass is 9.82. The Morgan fingerprint density at radius 2 is 0.697 bits per heavy atom. The minimum atomic E-state index is -0.0214. The van der Waals surface area contributed by atoms with Crippen molar-refractivity contribution in [3.8, 4) is 44.5 Å². The first-order valence-electron chi connectivity index (χ1n) is 23.5. The first-order chi connectivity index (χ1) is 31.6. The average molecular weight is 855 g/mol. The van der Waals surface area contributed by atoms with Crippen LogP contribution in [0.15, 0.2) is 154 Å². The summed E-state index contributed by atoms with van der Waals surface area (Å²) >= 11 is 0. The van der Waals surface area contributed by atoms with E-state index in [-0.39, 0.29) is 10.8 Å². The molecule has 0 spiro atoms. The third-order valence-corrected chi connectivity index (χ3v) is 14.6. The molecule has 0 aliphatic heterocycles. The molecule has 12 rings (SSSR count). The summed E-state index contributed by atoms with van der Waals surface area (Å²) in [6.45, 7) is 22.6. The molecule has 0 aliphatic rings. The second-order valence-electron chi connectivity index (χ2n) is 21.1. The number of aryl methyl sites for hydroxylation is 4. The maximum absolute atomic E-state index is 7.15. The summed E-state index contributed by atoms with van der Waals surface area (Å²) in [7, 11) is 0. The van der Waals surface area contributed by atoms with Gasteiger partial charge >= 0.3 is 0 Å². The van der Waals surface area contributed by atoms with Crippen LogP contribution in [-0.4, -0.2) is 0 Å². The SMILES string of the molecule is Cc1cccc(C)c1-c1cccc(-c2cc3cc4c5cc(C(C)(C)C)ccc5oc4c4c(-c5cccc(-c6c(C)cccc6C)c5)cc5cc6c7cc(C(C)(C)C)ccc7oc6c2c5c34)c1. The van der Waals surface area contributed by atoms with Crippen LogP contribution < -0.4 is 0 Å². The van der Waals surface area contributed by atoms with Gasteiger partial charge in [-0.2, -0.15) is 0 Å². The lowest BCUT2D eigenvalue weighted by molar-refractivity contribution is 0.590. The lowest BCUT2D eigenvalue weighted by Crippen LogP contribution is -2.10. The van der Waals surface area contributed by atoms with E-state index in [2.05, 4.69) is 215 Å². The van der Waals surface area contributed by atoms with Crippen LogP contribution in [0.1, 0.15) is 74.9 Å². The Morgan fingerprint density at radius 1 is 0.333 bits per heavy atom. The first kappa shape index (κ1) is 40.4. The van der Waals surface area contributed by atoms with Crippen molar-refractivity contribution in [3.05, 3.63) is 179 Å². The lowest BCUT2D eigenvalue weighted by Gasteiger charge is -2.20. The number of hydrogen-bond donors (Lipinski definition) is 0. The van der Waals surface area contributed by atoms with Gasteiger partial charge in [0, 0.05) is 43.1 Å². The molecule has 2 heterocycles. The molecule has 0 aliphatic carbocycles. The normalized spacial score (nSPS) is 12.7. The maximum atomic E-state index is 7.15. The number of benzene rings is 10. The van der Waals surface area contributed by atoms with Crippen LogP contribution in [0.5, 0.6) is 0 Å². The van der Waals surface area contributed by atoms with Gasteiger partial charge in [0.15, 0.2) is 0 Å². The first-order valence-corrected chi connectivity index (χ1v) is 23.5. The highest BCUT2D eigenvalue weighted by molar-refractivity contribution is 6.39. The van der Waals surface area contributed by atoms with Crippen molar-refractivity contribution in [2.45, 2.75) is 80.1 Å². The van der Waals surface area contributed by atoms with Gasteiger partial charge in [-0.1, -0.05) is 126 Å². The summed E-state index contributed by atoms with van der Waals surface area (Å²) < 4.78 is 14.3. The van der Waals surface area contributed by atoms with Crippen molar-refractivity contribution in [2.24, 2.45) is 0 Å². The molecule has 0 bridgehead atoms. The third kappa shape index (κ3) is 6.07. The summed E-state index contributed by atoms with van der Waals surface area (Å²) in [5.41, 5.74) is 20.9. The van der Waals surface area contributed by atoms with E-state index in [9.17, 15) is 0 Å². The largest absolute Gasteiger partial charge is 0.455 e. The van der Waals surface area contributed by atoms with Crippen molar-refractivity contribution >= 4 is 76.2 Å². The van der Waals surface area contributed by atoms with Crippen LogP contribution in [0.4, 0.5) is 0 Å². The number of hydrogen-bond acceptors (Lipinski definition) is 2. The van der Waals surface area contributed by atoms with E-state index in [1.54, 1.807) is 0 Å². The van der Waals surface area contributed by atoms with E-state index < -0.39 is 0 Å². The molecular weight excluding hydrogens is 801 g/mol. The monoisotopic (exact) mass is 854 g/mol. The molecule has 66 heavy (non-hydrogen) atoms. The van der Waals surface area contributed by atoms with Gasteiger partial charge in [-0.05, 0) is 188 Å². The second kappa shape index (κ2) is 14.2. The standard InChI is InChI=1S/C64H54O2/c1-35-15-11-16-36(2)55(35)41-21-13-19-39(27-41)47-29-43-31-52-50-34-46(64(8,9)10)24-26-54(50)66-62(52)60-48(40-20-14-22-42(28-40)56-37(3)17-12-18-38(56)4)30-44-32-51-49-33-45(63(5,6)7)23-25-53(49)65-61(51)59(47)57(44)58(43)60/h11-34H,1-10H3. The van der Waals surface area contributed by atoms with Gasteiger partial charge in [0.2, 0.25) is 0 Å². The van der Waals surface area contributed by atoms with Crippen LogP contribution in [0.25, 0.3) is 121 Å². The number of fused-ring (bicyclic) bond motifs is 8. The van der Waals surface area contributed by atoms with Gasteiger partial charge < -0.3 is 8.83 Å². The Balaban J connectivity index is 1.28. The van der Waals surface area contributed by atoms with Gasteiger partial charge in [-0.3, -0.25) is 0 Å². The van der Waals surface area contributed by atoms with Gasteiger partial charge in [0.05, 0.1) is 0 Å². The van der Waals surface area contributed by atoms with Gasteiger partial charge in [-0.25, -0.2) is 0 Å². The Kier molecular flexibility index (Phi) is 8.66. The summed E-state index contributed by atoms with van der Waals surface area (Å²) in [5, 5.41) is 11.6. The van der Waals surface area contributed by atoms with E-state index in [0.717, 1.165) is 76.9 Å². The minimum Gasteiger partial charge on any atom is -0.455 e. The van der Waals surface area contributed by atoms with E-state index in [1.165, 1.54) is 77.2 Å². The van der Waals surface area contributed by atoms with Crippen LogP contribution in [0.2, 0.25) is 0 Å². The van der Waals surface area contributed by atoms with Gasteiger partial charge in [0.1, 0.15) is 22.3 Å². The molecule has 0 radical (unpaired) electrons. The van der Waals surface area contributed by atoms with Crippen molar-refractivity contribution in [3.63, 3.8) is 0 Å². The fourth-order valence-corrected chi connectivity index (χ4v) is 11.2. The van der Waals surface area contributed by atoms with Crippen LogP contribution in [0, 0.1) is 27.7 Å². The molecule has 12 aromatic rings. The van der Waals surface area contributed by atoms with E-state index in [4.69, 9.17) is 8.83 Å². The molecule has 2 nitrogen and oxygen atoms in total. The van der Waals surface area contributed by atoms with E-state index >= 15 is 0 Å². The van der Waals surface area contributed by atoms with Crippen LogP contribution in [0.3, 0.4) is 0 Å². The van der Waals surface area contributed by atoms with Gasteiger partial charge in [-0.15, -0.1) is 0 Å². The molecule has 0 unspecified atom stereocenters. The summed E-state index contributed by atoms with van der Waals surface area (Å²) in [4.78, 5) is 0. The zero-order chi connectivity index (χ0) is 45.6. The Hall–Kier alpha value is -7.16. The molecule has 10 aromatic carbocycles. The van der Waals surface area contributed by atoms with Crippen LogP contribution >= 0.6 is 0 Å². The van der Waals surface area contributed by atoms with Crippen molar-refractivity contribution < 1.29 is 8.83 Å².